The van der Waals surface area contributed by atoms with Gasteiger partial charge in [0.2, 0.25) is 0 Å². The van der Waals surface area contributed by atoms with Crippen molar-refractivity contribution < 1.29 is 4.79 Å². The second kappa shape index (κ2) is 7.30. The first kappa shape index (κ1) is 16.8. The van der Waals surface area contributed by atoms with Crippen LogP contribution in [0.25, 0.3) is 10.8 Å². The molecule has 0 bridgehead atoms. The van der Waals surface area contributed by atoms with Crippen LogP contribution in [0, 0.1) is 0 Å². The molecule has 1 heterocycles. The zero-order valence-corrected chi connectivity index (χ0v) is 14.9. The third kappa shape index (κ3) is 3.23. The fraction of sp³-hybridized carbons (Fsp3) is 0.261. The lowest BCUT2D eigenvalue weighted by Gasteiger charge is -2.32. The minimum Gasteiger partial charge on any atom is -0.339 e. The maximum Gasteiger partial charge on any atom is 0.254 e. The van der Waals surface area contributed by atoms with Crippen LogP contribution in [0.4, 0.5) is 0 Å². The van der Waals surface area contributed by atoms with Gasteiger partial charge in [0, 0.05) is 25.2 Å². The summed E-state index contributed by atoms with van der Waals surface area (Å²) >= 11 is 0. The van der Waals surface area contributed by atoms with Crippen LogP contribution in [0.15, 0.2) is 66.7 Å². The van der Waals surface area contributed by atoms with Gasteiger partial charge in [0.05, 0.1) is 0 Å². The van der Waals surface area contributed by atoms with E-state index in [9.17, 15) is 4.79 Å². The van der Waals surface area contributed by atoms with Gasteiger partial charge in [-0.2, -0.15) is 0 Å². The van der Waals surface area contributed by atoms with E-state index in [2.05, 4.69) is 36.4 Å². The normalized spacial score (nSPS) is 15.3. The number of hydrogen-bond acceptors (Lipinski definition) is 2. The van der Waals surface area contributed by atoms with Crippen molar-refractivity contribution in [3.8, 4) is 0 Å². The number of likely N-dealkylation sites (tertiary alicyclic amines) is 1. The largest absolute Gasteiger partial charge is 0.339 e. The smallest absolute Gasteiger partial charge is 0.254 e. The Kier molecular flexibility index (Phi) is 4.72. The summed E-state index contributed by atoms with van der Waals surface area (Å²) in [4.78, 5) is 15.1. The number of benzene rings is 3. The van der Waals surface area contributed by atoms with Gasteiger partial charge in [-0.05, 0) is 46.7 Å². The molecule has 1 amide bonds. The number of piperidine rings is 1. The fourth-order valence-electron chi connectivity index (χ4n) is 3.97. The van der Waals surface area contributed by atoms with Crippen molar-refractivity contribution in [2.24, 2.45) is 5.73 Å². The van der Waals surface area contributed by atoms with E-state index >= 15 is 0 Å². The van der Waals surface area contributed by atoms with Gasteiger partial charge in [-0.25, -0.2) is 0 Å². The van der Waals surface area contributed by atoms with Gasteiger partial charge < -0.3 is 10.6 Å². The topological polar surface area (TPSA) is 46.3 Å². The molecule has 0 saturated carbocycles. The number of fused-ring (bicyclic) bond motifs is 1. The number of hydrogen-bond donors (Lipinski definition) is 1. The van der Waals surface area contributed by atoms with Gasteiger partial charge in [-0.15, -0.1) is 0 Å². The van der Waals surface area contributed by atoms with E-state index in [0.717, 1.165) is 42.3 Å². The van der Waals surface area contributed by atoms with Gasteiger partial charge in [-0.3, -0.25) is 4.79 Å². The molecule has 1 aliphatic heterocycles. The number of carbonyl (C=O) groups excluding carboxylic acids is 1. The maximum atomic E-state index is 13.1. The number of nitrogens with two attached hydrogens (primary N) is 1. The van der Waals surface area contributed by atoms with Crippen LogP contribution >= 0.6 is 0 Å². The molecule has 0 aliphatic carbocycles. The first-order valence-corrected chi connectivity index (χ1v) is 9.32. The van der Waals surface area contributed by atoms with E-state index in [1.165, 1.54) is 11.1 Å². The lowest BCUT2D eigenvalue weighted by Crippen LogP contribution is -2.38. The minimum atomic E-state index is 0.149. The Morgan fingerprint density at radius 1 is 0.962 bits per heavy atom. The molecule has 1 fully saturated rings. The van der Waals surface area contributed by atoms with E-state index in [1.807, 2.05) is 35.2 Å². The zero-order chi connectivity index (χ0) is 17.9. The number of nitrogens with zero attached hydrogens (tertiary/aromatic N) is 1. The van der Waals surface area contributed by atoms with Crippen LogP contribution in [0.1, 0.15) is 40.2 Å². The van der Waals surface area contributed by atoms with E-state index in [1.54, 1.807) is 0 Å². The SMILES string of the molecule is NCc1cccc(C2CCN(C(=O)c3cccc4ccccc34)CC2)c1. The van der Waals surface area contributed by atoms with Crippen LogP contribution in [0.5, 0.6) is 0 Å². The minimum absolute atomic E-state index is 0.149. The molecule has 0 spiro atoms. The van der Waals surface area contributed by atoms with Crippen LogP contribution in [-0.2, 0) is 6.54 Å². The molecule has 3 aromatic rings. The Morgan fingerprint density at radius 2 is 1.69 bits per heavy atom. The van der Waals surface area contributed by atoms with Crippen LogP contribution in [-0.4, -0.2) is 23.9 Å². The van der Waals surface area contributed by atoms with E-state index in [4.69, 9.17) is 5.73 Å². The summed E-state index contributed by atoms with van der Waals surface area (Å²) in [6.07, 6.45) is 2.01. The van der Waals surface area contributed by atoms with E-state index in [0.29, 0.717) is 12.5 Å². The summed E-state index contributed by atoms with van der Waals surface area (Å²) in [7, 11) is 0. The number of amides is 1. The molecule has 0 aromatic heterocycles. The van der Waals surface area contributed by atoms with Gasteiger partial charge in [0.1, 0.15) is 0 Å². The first-order chi connectivity index (χ1) is 12.8. The molecule has 3 aromatic carbocycles. The zero-order valence-electron chi connectivity index (χ0n) is 14.9. The summed E-state index contributed by atoms with van der Waals surface area (Å²) in [6, 6.07) is 22.6. The Morgan fingerprint density at radius 3 is 2.50 bits per heavy atom. The molecule has 0 atom stereocenters. The molecule has 3 nitrogen and oxygen atoms in total. The number of carbonyl (C=O) groups is 1. The summed E-state index contributed by atoms with van der Waals surface area (Å²) < 4.78 is 0. The van der Waals surface area contributed by atoms with Gasteiger partial charge in [0.25, 0.3) is 5.91 Å². The number of rotatable bonds is 3. The second-order valence-corrected chi connectivity index (χ2v) is 7.04. The van der Waals surface area contributed by atoms with Crippen molar-refractivity contribution in [1.29, 1.82) is 0 Å². The van der Waals surface area contributed by atoms with Gasteiger partial charge in [-0.1, -0.05) is 60.7 Å². The Labute approximate surface area is 154 Å². The molecular weight excluding hydrogens is 320 g/mol. The van der Waals surface area contributed by atoms with Crippen molar-refractivity contribution in [1.82, 2.24) is 4.90 Å². The Bertz CT molecular complexity index is 921. The molecule has 1 aliphatic rings. The molecule has 2 N–H and O–H groups in total. The Hall–Kier alpha value is -2.65. The predicted octanol–water partition coefficient (Wildman–Crippen LogP) is 4.32. The molecule has 132 valence electrons. The van der Waals surface area contributed by atoms with Crippen molar-refractivity contribution in [3.05, 3.63) is 83.4 Å². The van der Waals surface area contributed by atoms with Crippen LogP contribution in [0.3, 0.4) is 0 Å². The quantitative estimate of drug-likeness (QED) is 0.769. The second-order valence-electron chi connectivity index (χ2n) is 7.04. The average Bonchev–Trinajstić information content (AvgIpc) is 2.73. The summed E-state index contributed by atoms with van der Waals surface area (Å²) in [5.41, 5.74) is 9.11. The van der Waals surface area contributed by atoms with Crippen molar-refractivity contribution in [2.45, 2.75) is 25.3 Å². The highest BCUT2D eigenvalue weighted by Crippen LogP contribution is 2.30. The lowest BCUT2D eigenvalue weighted by atomic mass is 9.88. The highest BCUT2D eigenvalue weighted by atomic mass is 16.2. The maximum absolute atomic E-state index is 13.1. The molecule has 4 rings (SSSR count). The van der Waals surface area contributed by atoms with Crippen molar-refractivity contribution >= 4 is 16.7 Å². The van der Waals surface area contributed by atoms with E-state index in [-0.39, 0.29) is 5.91 Å². The molecule has 1 saturated heterocycles. The predicted molar refractivity (Wildman–Crippen MR) is 106 cm³/mol. The third-order valence-corrected chi connectivity index (χ3v) is 5.46. The van der Waals surface area contributed by atoms with Crippen LogP contribution in [0.2, 0.25) is 0 Å². The average molecular weight is 344 g/mol. The van der Waals surface area contributed by atoms with Crippen molar-refractivity contribution in [3.63, 3.8) is 0 Å². The fourth-order valence-corrected chi connectivity index (χ4v) is 3.97. The van der Waals surface area contributed by atoms with Gasteiger partial charge >= 0.3 is 0 Å². The summed E-state index contributed by atoms with van der Waals surface area (Å²) in [5.74, 6) is 0.661. The molecule has 0 unspecified atom stereocenters. The lowest BCUT2D eigenvalue weighted by molar-refractivity contribution is 0.0715. The van der Waals surface area contributed by atoms with Crippen molar-refractivity contribution in [2.75, 3.05) is 13.1 Å². The molecular formula is C23H24N2O. The van der Waals surface area contributed by atoms with E-state index < -0.39 is 0 Å². The standard InChI is InChI=1S/C23H24N2O/c24-16-17-5-3-8-20(15-17)18-11-13-25(14-12-18)23(26)22-10-4-7-19-6-1-2-9-21(19)22/h1-10,15,18H,11-14,16,24H2. The van der Waals surface area contributed by atoms with Crippen LogP contribution < -0.4 is 5.73 Å². The molecule has 0 radical (unpaired) electrons. The highest BCUT2D eigenvalue weighted by Gasteiger charge is 2.25. The monoisotopic (exact) mass is 344 g/mol. The summed E-state index contributed by atoms with van der Waals surface area (Å²) in [6.45, 7) is 2.19. The first-order valence-electron chi connectivity index (χ1n) is 9.32. The Balaban J connectivity index is 1.50. The highest BCUT2D eigenvalue weighted by molar-refractivity contribution is 6.07. The summed E-state index contributed by atoms with van der Waals surface area (Å²) in [5, 5.41) is 2.16. The molecule has 26 heavy (non-hydrogen) atoms. The third-order valence-electron chi connectivity index (χ3n) is 5.46. The molecule has 3 heteroatoms. The van der Waals surface area contributed by atoms with Gasteiger partial charge in [0.15, 0.2) is 0 Å².